The Morgan fingerprint density at radius 2 is 2.03 bits per heavy atom. The maximum Gasteiger partial charge on any atom is 0.164 e. The van der Waals surface area contributed by atoms with Crippen LogP contribution in [0.3, 0.4) is 0 Å². The third kappa shape index (κ3) is 3.31. The lowest BCUT2D eigenvalue weighted by Gasteiger charge is -2.33. The van der Waals surface area contributed by atoms with E-state index < -0.39 is 0 Å². The number of anilines is 1. The van der Waals surface area contributed by atoms with Crippen molar-refractivity contribution in [2.45, 2.75) is 51.5 Å². The van der Waals surface area contributed by atoms with Gasteiger partial charge in [0, 0.05) is 48.7 Å². The Bertz CT molecular complexity index is 1220. The van der Waals surface area contributed by atoms with E-state index in [1.165, 1.54) is 34.2 Å². The van der Waals surface area contributed by atoms with Crippen LogP contribution in [0.25, 0.3) is 21.6 Å². The second kappa shape index (κ2) is 7.71. The molecule has 6 rings (SSSR count). The molecule has 0 unspecified atom stereocenters. The molecular weight excluding hydrogens is 404 g/mol. The van der Waals surface area contributed by atoms with Crippen molar-refractivity contribution in [1.82, 2.24) is 24.7 Å². The van der Waals surface area contributed by atoms with E-state index in [2.05, 4.69) is 40.4 Å². The number of piperidine rings is 1. The van der Waals surface area contributed by atoms with Crippen molar-refractivity contribution in [3.8, 4) is 11.4 Å². The van der Waals surface area contributed by atoms with Gasteiger partial charge in [-0.2, -0.15) is 5.10 Å². The molecule has 0 spiro atoms. The molecule has 1 saturated heterocycles. The molecule has 1 aliphatic heterocycles. The molecule has 0 bridgehead atoms. The van der Waals surface area contributed by atoms with Gasteiger partial charge in [0.1, 0.15) is 10.6 Å². The average Bonchev–Trinajstić information content (AvgIpc) is 3.55. The summed E-state index contributed by atoms with van der Waals surface area (Å²) in [4.78, 5) is 19.5. The molecule has 31 heavy (non-hydrogen) atoms. The Labute approximate surface area is 186 Å². The summed E-state index contributed by atoms with van der Waals surface area (Å²) in [5.41, 5.74) is 3.86. The minimum absolute atomic E-state index is 0.583. The molecule has 0 atom stereocenters. The summed E-state index contributed by atoms with van der Waals surface area (Å²) in [5.74, 6) is 2.51. The third-order valence-corrected chi connectivity index (χ3v) is 7.89. The van der Waals surface area contributed by atoms with E-state index in [9.17, 15) is 0 Å². The smallest absolute Gasteiger partial charge is 0.164 e. The highest BCUT2D eigenvalue weighted by Crippen LogP contribution is 2.42. The minimum atomic E-state index is 0.583. The highest BCUT2D eigenvalue weighted by atomic mass is 32.1. The van der Waals surface area contributed by atoms with Crippen LogP contribution >= 0.6 is 11.3 Å². The lowest BCUT2D eigenvalue weighted by Crippen LogP contribution is -2.33. The Morgan fingerprint density at radius 1 is 1.13 bits per heavy atom. The number of fused-ring (bicyclic) bond motifs is 3. The number of nitrogens with zero attached hydrogens (tertiary/aromatic N) is 6. The predicted octanol–water partition coefficient (Wildman–Crippen LogP) is 4.84. The fourth-order valence-electron chi connectivity index (χ4n) is 5.02. The molecule has 158 valence electrons. The highest BCUT2D eigenvalue weighted by molar-refractivity contribution is 7.19. The monoisotopic (exact) mass is 430 g/mol. The van der Waals surface area contributed by atoms with Crippen molar-refractivity contribution in [3.63, 3.8) is 0 Å². The predicted molar refractivity (Wildman–Crippen MR) is 125 cm³/mol. The van der Waals surface area contributed by atoms with Crippen molar-refractivity contribution in [2.75, 3.05) is 18.0 Å². The quantitative estimate of drug-likeness (QED) is 0.464. The van der Waals surface area contributed by atoms with Gasteiger partial charge >= 0.3 is 0 Å². The van der Waals surface area contributed by atoms with Crippen LogP contribution in [0.1, 0.15) is 48.1 Å². The van der Waals surface area contributed by atoms with Crippen molar-refractivity contribution in [2.24, 2.45) is 0 Å². The van der Waals surface area contributed by atoms with Gasteiger partial charge in [-0.3, -0.25) is 9.67 Å². The van der Waals surface area contributed by atoms with Crippen LogP contribution < -0.4 is 4.90 Å². The normalized spacial score (nSPS) is 16.9. The summed E-state index contributed by atoms with van der Waals surface area (Å²) in [6, 6.07) is 4.01. The highest BCUT2D eigenvalue weighted by Gasteiger charge is 2.28. The summed E-state index contributed by atoms with van der Waals surface area (Å²) >= 11 is 1.87. The lowest BCUT2D eigenvalue weighted by atomic mass is 9.91. The standard InChI is InChI=1S/C24H26N6S/c1-2-30-15-18(14-26-30)16-8-11-29(12-9-16)23-21-19-6-3-7-20(19)31-24(21)28-22(27-23)17-5-4-10-25-13-17/h4-5,10,13-16H,2-3,6-9,11-12H2,1H3. The zero-order valence-electron chi connectivity index (χ0n) is 17.8. The number of hydrogen-bond acceptors (Lipinski definition) is 6. The first kappa shape index (κ1) is 18.9. The first-order valence-electron chi connectivity index (χ1n) is 11.3. The molecular formula is C24H26N6S. The van der Waals surface area contributed by atoms with E-state index in [1.807, 2.05) is 28.3 Å². The zero-order valence-corrected chi connectivity index (χ0v) is 18.6. The molecule has 0 saturated carbocycles. The maximum absolute atomic E-state index is 5.12. The minimum Gasteiger partial charge on any atom is -0.356 e. The van der Waals surface area contributed by atoms with Crippen molar-refractivity contribution >= 4 is 27.4 Å². The molecule has 0 aromatic carbocycles. The summed E-state index contributed by atoms with van der Waals surface area (Å²) in [6.45, 7) is 5.10. The van der Waals surface area contributed by atoms with Crippen LogP contribution in [0, 0.1) is 0 Å². The summed E-state index contributed by atoms with van der Waals surface area (Å²) in [5, 5.41) is 5.79. The number of hydrogen-bond donors (Lipinski definition) is 0. The third-order valence-electron chi connectivity index (χ3n) is 6.71. The molecule has 5 heterocycles. The Hall–Kier alpha value is -2.80. The molecule has 0 N–H and O–H groups in total. The molecule has 6 nitrogen and oxygen atoms in total. The van der Waals surface area contributed by atoms with E-state index in [1.54, 1.807) is 6.20 Å². The number of rotatable bonds is 4. The molecule has 7 heteroatoms. The van der Waals surface area contributed by atoms with Gasteiger partial charge in [0.05, 0.1) is 11.6 Å². The molecule has 1 aliphatic carbocycles. The summed E-state index contributed by atoms with van der Waals surface area (Å²) in [7, 11) is 0. The first-order valence-corrected chi connectivity index (χ1v) is 12.1. The Kier molecular flexibility index (Phi) is 4.71. The lowest BCUT2D eigenvalue weighted by molar-refractivity contribution is 0.503. The van der Waals surface area contributed by atoms with Crippen LogP contribution in [-0.4, -0.2) is 37.8 Å². The zero-order chi connectivity index (χ0) is 20.8. The average molecular weight is 431 g/mol. The van der Waals surface area contributed by atoms with E-state index >= 15 is 0 Å². The fraction of sp³-hybridized carbons (Fsp3) is 0.417. The number of pyridine rings is 1. The van der Waals surface area contributed by atoms with E-state index in [4.69, 9.17) is 9.97 Å². The van der Waals surface area contributed by atoms with Crippen LogP contribution in [0.4, 0.5) is 5.82 Å². The van der Waals surface area contributed by atoms with Crippen molar-refractivity contribution in [3.05, 3.63) is 52.9 Å². The van der Waals surface area contributed by atoms with Crippen molar-refractivity contribution < 1.29 is 0 Å². The van der Waals surface area contributed by atoms with E-state index in [0.717, 1.165) is 60.9 Å². The summed E-state index contributed by atoms with van der Waals surface area (Å²) in [6.07, 6.45) is 13.8. The van der Waals surface area contributed by atoms with E-state index in [-0.39, 0.29) is 0 Å². The molecule has 2 aliphatic rings. The van der Waals surface area contributed by atoms with Gasteiger partial charge in [-0.25, -0.2) is 9.97 Å². The van der Waals surface area contributed by atoms with Gasteiger partial charge in [-0.15, -0.1) is 11.3 Å². The topological polar surface area (TPSA) is 59.7 Å². The van der Waals surface area contributed by atoms with Gasteiger partial charge in [0.15, 0.2) is 5.82 Å². The molecule has 0 amide bonds. The number of thiophene rings is 1. The summed E-state index contributed by atoms with van der Waals surface area (Å²) < 4.78 is 2.03. The SMILES string of the molecule is CCn1cc(C2CCN(c3nc(-c4cccnc4)nc4sc5c(c34)CCC5)CC2)cn1. The van der Waals surface area contributed by atoms with Gasteiger partial charge in [0.25, 0.3) is 0 Å². The Morgan fingerprint density at radius 3 is 2.81 bits per heavy atom. The molecule has 4 aromatic heterocycles. The van der Waals surface area contributed by atoms with Crippen LogP contribution in [0.15, 0.2) is 36.9 Å². The molecule has 0 radical (unpaired) electrons. The second-order valence-electron chi connectivity index (χ2n) is 8.54. The Balaban J connectivity index is 1.36. The fourth-order valence-corrected chi connectivity index (χ4v) is 6.27. The number of aromatic nitrogens is 5. The first-order chi connectivity index (χ1) is 15.3. The van der Waals surface area contributed by atoms with Gasteiger partial charge in [-0.1, -0.05) is 0 Å². The maximum atomic E-state index is 5.12. The van der Waals surface area contributed by atoms with Gasteiger partial charge < -0.3 is 4.90 Å². The second-order valence-corrected chi connectivity index (χ2v) is 9.62. The van der Waals surface area contributed by atoms with Gasteiger partial charge in [0.2, 0.25) is 0 Å². The molecule has 4 aromatic rings. The largest absolute Gasteiger partial charge is 0.356 e. The van der Waals surface area contributed by atoms with Crippen molar-refractivity contribution in [1.29, 1.82) is 0 Å². The van der Waals surface area contributed by atoms with Crippen LogP contribution in [0.5, 0.6) is 0 Å². The van der Waals surface area contributed by atoms with E-state index in [0.29, 0.717) is 5.92 Å². The molecule has 1 fully saturated rings. The number of aryl methyl sites for hydroxylation is 3. The van der Waals surface area contributed by atoms with Crippen LogP contribution in [0.2, 0.25) is 0 Å². The van der Waals surface area contributed by atoms with Crippen LogP contribution in [-0.2, 0) is 19.4 Å². The van der Waals surface area contributed by atoms with Gasteiger partial charge in [-0.05, 0) is 68.2 Å².